The summed E-state index contributed by atoms with van der Waals surface area (Å²) in [5.41, 5.74) is 1.64. The summed E-state index contributed by atoms with van der Waals surface area (Å²) in [6, 6.07) is 10.1. The van der Waals surface area contributed by atoms with Gasteiger partial charge >= 0.3 is 6.09 Å². The number of carbonyl (C=O) groups is 3. The van der Waals surface area contributed by atoms with Crippen molar-refractivity contribution in [2.24, 2.45) is 0 Å². The lowest BCUT2D eigenvalue weighted by molar-refractivity contribution is -0.143. The van der Waals surface area contributed by atoms with Crippen LogP contribution in [0, 0.1) is 13.8 Å². The van der Waals surface area contributed by atoms with Crippen molar-refractivity contribution >= 4 is 35.4 Å². The minimum atomic E-state index is -1.15. The molecule has 3 atom stereocenters. The highest BCUT2D eigenvalue weighted by atomic mass is 32.2. The molecule has 2 rings (SSSR count). The van der Waals surface area contributed by atoms with Crippen molar-refractivity contribution in [1.29, 1.82) is 0 Å². The summed E-state index contributed by atoms with van der Waals surface area (Å²) in [5, 5.41) is 16.8. The van der Waals surface area contributed by atoms with E-state index in [0.29, 0.717) is 35.4 Å². The fourth-order valence-corrected chi connectivity index (χ4v) is 4.62. The normalized spacial score (nSPS) is 13.6. The molecule has 9 heteroatoms. The zero-order valence-corrected chi connectivity index (χ0v) is 25.1. The summed E-state index contributed by atoms with van der Waals surface area (Å²) in [4.78, 5) is 42.5. The summed E-state index contributed by atoms with van der Waals surface area (Å²) >= 11 is 1.55. The fourth-order valence-electron chi connectivity index (χ4n) is 4.15. The Labute approximate surface area is 236 Å². The average Bonchev–Trinajstić information content (AvgIpc) is 2.86. The molecule has 0 aromatic heterocycles. The molecule has 2 aromatic rings. The summed E-state index contributed by atoms with van der Waals surface area (Å²) in [6.07, 6.45) is 2.11. The number of alkyl carbamates (subject to hydrolysis) is 1. The van der Waals surface area contributed by atoms with E-state index < -0.39 is 35.6 Å². The Morgan fingerprint density at radius 1 is 1.05 bits per heavy atom. The van der Waals surface area contributed by atoms with Crippen LogP contribution in [-0.2, 0) is 14.3 Å². The van der Waals surface area contributed by atoms with Crippen LogP contribution in [0.25, 0.3) is 0 Å². The Hall–Kier alpha value is -3.20. The third-order valence-electron chi connectivity index (χ3n) is 6.41. The van der Waals surface area contributed by atoms with E-state index in [-0.39, 0.29) is 11.8 Å². The number of rotatable bonds is 11. The first-order valence-corrected chi connectivity index (χ1v) is 14.7. The predicted molar refractivity (Wildman–Crippen MR) is 158 cm³/mol. The molecule has 214 valence electrons. The van der Waals surface area contributed by atoms with Crippen molar-refractivity contribution in [2.75, 3.05) is 17.3 Å². The lowest BCUT2D eigenvalue weighted by Gasteiger charge is -2.38. The zero-order chi connectivity index (χ0) is 29.3. The second-order valence-corrected chi connectivity index (χ2v) is 11.7. The Bertz CT molecular complexity index is 1150. The quantitative estimate of drug-likeness (QED) is 0.315. The van der Waals surface area contributed by atoms with E-state index in [9.17, 15) is 19.5 Å². The van der Waals surface area contributed by atoms with Gasteiger partial charge in [-0.3, -0.25) is 9.59 Å². The van der Waals surface area contributed by atoms with Crippen LogP contribution in [0.1, 0.15) is 70.2 Å². The fraction of sp³-hybridized carbons (Fsp3) is 0.500. The number of aryl methyl sites for hydroxylation is 2. The van der Waals surface area contributed by atoms with E-state index in [2.05, 4.69) is 10.6 Å². The second kappa shape index (κ2) is 14.3. The largest absolute Gasteiger partial charge is 0.507 e. The van der Waals surface area contributed by atoms with Crippen molar-refractivity contribution in [1.82, 2.24) is 10.2 Å². The molecule has 3 amide bonds. The van der Waals surface area contributed by atoms with Gasteiger partial charge in [-0.2, -0.15) is 11.8 Å². The van der Waals surface area contributed by atoms with E-state index in [1.54, 1.807) is 63.7 Å². The van der Waals surface area contributed by atoms with Gasteiger partial charge in [0.25, 0.3) is 5.91 Å². The number of hydrogen-bond donors (Lipinski definition) is 3. The molecule has 0 saturated heterocycles. The van der Waals surface area contributed by atoms with Gasteiger partial charge in [0.2, 0.25) is 5.91 Å². The van der Waals surface area contributed by atoms with Gasteiger partial charge in [0.1, 0.15) is 23.4 Å². The molecule has 3 unspecified atom stereocenters. The highest BCUT2D eigenvalue weighted by molar-refractivity contribution is 7.98. The first-order valence-electron chi connectivity index (χ1n) is 13.3. The Balaban J connectivity index is 2.62. The maximum Gasteiger partial charge on any atom is 0.408 e. The number of hydrogen-bond acceptors (Lipinski definition) is 6. The molecule has 0 saturated carbocycles. The third kappa shape index (κ3) is 8.92. The average molecular weight is 558 g/mol. The van der Waals surface area contributed by atoms with Crippen LogP contribution in [0.2, 0.25) is 0 Å². The van der Waals surface area contributed by atoms with Crippen LogP contribution in [0.15, 0.2) is 42.5 Å². The van der Waals surface area contributed by atoms with Crippen molar-refractivity contribution < 1.29 is 24.2 Å². The highest BCUT2D eigenvalue weighted by Gasteiger charge is 2.39. The van der Waals surface area contributed by atoms with E-state index in [1.807, 2.05) is 45.2 Å². The van der Waals surface area contributed by atoms with Gasteiger partial charge in [-0.1, -0.05) is 43.3 Å². The van der Waals surface area contributed by atoms with Crippen LogP contribution in [0.5, 0.6) is 5.75 Å². The monoisotopic (exact) mass is 557 g/mol. The van der Waals surface area contributed by atoms with E-state index in [4.69, 9.17) is 4.74 Å². The number of phenolic OH excluding ortho intramolecular Hbond substituents is 1. The minimum Gasteiger partial charge on any atom is -0.507 e. The lowest BCUT2D eigenvalue weighted by atomic mass is 9.96. The number of anilines is 1. The molecule has 0 aliphatic rings. The molecule has 0 aliphatic carbocycles. The highest BCUT2D eigenvalue weighted by Crippen LogP contribution is 2.35. The van der Waals surface area contributed by atoms with Crippen LogP contribution in [0.4, 0.5) is 10.5 Å². The number of nitrogens with one attached hydrogen (secondary N) is 2. The first-order chi connectivity index (χ1) is 18.3. The van der Waals surface area contributed by atoms with Crippen LogP contribution >= 0.6 is 11.8 Å². The van der Waals surface area contributed by atoms with Crippen molar-refractivity contribution in [3.05, 3.63) is 59.2 Å². The van der Waals surface area contributed by atoms with Crippen LogP contribution in [0.3, 0.4) is 0 Å². The van der Waals surface area contributed by atoms with Gasteiger partial charge in [-0.25, -0.2) is 4.79 Å². The molecule has 39 heavy (non-hydrogen) atoms. The van der Waals surface area contributed by atoms with Gasteiger partial charge in [0, 0.05) is 17.3 Å². The van der Waals surface area contributed by atoms with Gasteiger partial charge in [-0.15, -0.1) is 0 Å². The summed E-state index contributed by atoms with van der Waals surface area (Å²) in [5.74, 6) is -0.324. The summed E-state index contributed by atoms with van der Waals surface area (Å²) in [7, 11) is 0. The van der Waals surface area contributed by atoms with Gasteiger partial charge < -0.3 is 25.4 Å². The lowest BCUT2D eigenvalue weighted by Crippen LogP contribution is -2.55. The SMILES string of the molecule is CCC(C)N(C(=O)C(CCSC)NC(=O)OC(C)(C)C)C(C(=O)Nc1ccccc1C)c1cccc(C)c1O. The van der Waals surface area contributed by atoms with Crippen LogP contribution in [-0.4, -0.2) is 57.6 Å². The molecule has 0 radical (unpaired) electrons. The Kier molecular flexibility index (Phi) is 11.7. The maximum absolute atomic E-state index is 14.3. The predicted octanol–water partition coefficient (Wildman–Crippen LogP) is 5.96. The Morgan fingerprint density at radius 3 is 2.28 bits per heavy atom. The second-order valence-electron chi connectivity index (χ2n) is 10.7. The van der Waals surface area contributed by atoms with Gasteiger partial charge in [-0.05, 0) is 83.6 Å². The van der Waals surface area contributed by atoms with Gasteiger partial charge in [0.15, 0.2) is 0 Å². The molecule has 0 heterocycles. The number of amides is 3. The summed E-state index contributed by atoms with van der Waals surface area (Å²) < 4.78 is 5.44. The number of ether oxygens (including phenoxy) is 1. The topological polar surface area (TPSA) is 108 Å². The molecule has 3 N–H and O–H groups in total. The molecule has 0 spiro atoms. The molecular formula is C30H43N3O5S. The Morgan fingerprint density at radius 2 is 1.69 bits per heavy atom. The number of carbonyl (C=O) groups excluding carboxylic acids is 3. The number of phenols is 1. The number of aromatic hydroxyl groups is 1. The van der Waals surface area contributed by atoms with Crippen molar-refractivity contribution in [3.8, 4) is 5.75 Å². The van der Waals surface area contributed by atoms with E-state index >= 15 is 0 Å². The van der Waals surface area contributed by atoms with Crippen molar-refractivity contribution in [2.45, 2.75) is 85.0 Å². The first kappa shape index (κ1) is 32.0. The van der Waals surface area contributed by atoms with E-state index in [0.717, 1.165) is 5.56 Å². The molecule has 8 nitrogen and oxygen atoms in total. The molecule has 0 aliphatic heterocycles. The maximum atomic E-state index is 14.3. The molecule has 2 aromatic carbocycles. The smallest absolute Gasteiger partial charge is 0.408 e. The summed E-state index contributed by atoms with van der Waals surface area (Å²) in [6.45, 7) is 12.7. The number of nitrogens with zero attached hydrogens (tertiary/aromatic N) is 1. The number of para-hydroxylation sites is 2. The third-order valence-corrected chi connectivity index (χ3v) is 7.06. The molecule has 0 fully saturated rings. The number of benzene rings is 2. The minimum absolute atomic E-state index is 0.0516. The molecular weight excluding hydrogens is 514 g/mol. The molecule has 0 bridgehead atoms. The van der Waals surface area contributed by atoms with Gasteiger partial charge in [0.05, 0.1) is 0 Å². The van der Waals surface area contributed by atoms with Crippen molar-refractivity contribution in [3.63, 3.8) is 0 Å². The number of thioether (sulfide) groups is 1. The van der Waals surface area contributed by atoms with E-state index in [1.165, 1.54) is 4.90 Å². The standard InChI is InChI=1S/C30H43N3O5S/c1-9-21(4)33(28(36)24(17-18-39-8)32-29(37)38-30(5,6)7)25(22-15-12-14-20(3)26(22)34)27(35)31-23-16-11-10-13-19(23)2/h10-16,21,24-25,34H,9,17-18H2,1-8H3,(H,31,35)(H,32,37). The van der Waals surface area contributed by atoms with Crippen LogP contribution < -0.4 is 10.6 Å². The zero-order valence-electron chi connectivity index (χ0n) is 24.3.